The van der Waals surface area contributed by atoms with E-state index in [2.05, 4.69) is 0 Å². The van der Waals surface area contributed by atoms with Gasteiger partial charge in [0, 0.05) is 19.0 Å². The average molecular weight is 256 g/mol. The molecule has 2 rings (SSSR count). The van der Waals surface area contributed by atoms with Gasteiger partial charge in [0.25, 0.3) is 0 Å². The molecule has 96 valence electrons. The SMILES string of the molecule is CC1CC(C(=O)N2CCC(C(N)=S)CC2)CO1. The van der Waals surface area contributed by atoms with E-state index in [1.807, 2.05) is 11.8 Å². The Bertz CT molecular complexity index is 314. The lowest BCUT2D eigenvalue weighted by atomic mass is 9.95. The molecule has 2 N–H and O–H groups in total. The standard InChI is InChI=1S/C12H20N2O2S/c1-8-6-10(7-16-8)12(15)14-4-2-9(3-5-14)11(13)17/h8-10H,2-7H2,1H3,(H2,13,17). The summed E-state index contributed by atoms with van der Waals surface area (Å²) in [6, 6.07) is 0. The number of hydrogen-bond acceptors (Lipinski definition) is 3. The van der Waals surface area contributed by atoms with Crippen LogP contribution in [0.5, 0.6) is 0 Å². The van der Waals surface area contributed by atoms with Crippen LogP contribution in [0.25, 0.3) is 0 Å². The minimum atomic E-state index is 0.0615. The van der Waals surface area contributed by atoms with Crippen molar-refractivity contribution in [3.8, 4) is 0 Å². The molecule has 2 aliphatic heterocycles. The van der Waals surface area contributed by atoms with E-state index in [0.717, 1.165) is 32.4 Å². The quantitative estimate of drug-likeness (QED) is 0.747. The lowest BCUT2D eigenvalue weighted by molar-refractivity contribution is -0.136. The van der Waals surface area contributed by atoms with Gasteiger partial charge in [0.2, 0.25) is 5.91 Å². The van der Waals surface area contributed by atoms with Gasteiger partial charge in [-0.2, -0.15) is 0 Å². The number of nitrogens with zero attached hydrogens (tertiary/aromatic N) is 1. The zero-order valence-electron chi connectivity index (χ0n) is 10.2. The molecule has 17 heavy (non-hydrogen) atoms. The number of thiocarbonyl (C=S) groups is 1. The van der Waals surface area contributed by atoms with Crippen LogP contribution in [0, 0.1) is 11.8 Å². The molecule has 2 saturated heterocycles. The summed E-state index contributed by atoms with van der Waals surface area (Å²) in [4.78, 5) is 14.7. The Morgan fingerprint density at radius 2 is 2.00 bits per heavy atom. The first-order valence-corrected chi connectivity index (χ1v) is 6.68. The highest BCUT2D eigenvalue weighted by molar-refractivity contribution is 7.80. The summed E-state index contributed by atoms with van der Waals surface area (Å²) < 4.78 is 5.45. The maximum Gasteiger partial charge on any atom is 0.228 e. The van der Waals surface area contributed by atoms with E-state index >= 15 is 0 Å². The van der Waals surface area contributed by atoms with Gasteiger partial charge in [-0.25, -0.2) is 0 Å². The molecule has 5 heteroatoms. The van der Waals surface area contributed by atoms with Gasteiger partial charge in [-0.3, -0.25) is 4.79 Å². The van der Waals surface area contributed by atoms with E-state index in [4.69, 9.17) is 22.7 Å². The van der Waals surface area contributed by atoms with Crippen molar-refractivity contribution in [1.82, 2.24) is 4.90 Å². The Labute approximate surface area is 107 Å². The number of amides is 1. The zero-order chi connectivity index (χ0) is 12.4. The Kier molecular flexibility index (Phi) is 3.99. The first kappa shape index (κ1) is 12.8. The average Bonchev–Trinajstić information content (AvgIpc) is 2.75. The topological polar surface area (TPSA) is 55.6 Å². The van der Waals surface area contributed by atoms with E-state index in [-0.39, 0.29) is 17.9 Å². The summed E-state index contributed by atoms with van der Waals surface area (Å²) in [7, 11) is 0. The van der Waals surface area contributed by atoms with Crippen molar-refractivity contribution in [1.29, 1.82) is 0 Å². The number of hydrogen-bond donors (Lipinski definition) is 1. The number of likely N-dealkylation sites (tertiary alicyclic amines) is 1. The van der Waals surface area contributed by atoms with Crippen LogP contribution in [-0.2, 0) is 9.53 Å². The molecule has 4 nitrogen and oxygen atoms in total. The van der Waals surface area contributed by atoms with Crippen molar-refractivity contribution >= 4 is 23.1 Å². The maximum absolute atomic E-state index is 12.2. The molecule has 0 aromatic rings. The zero-order valence-corrected chi connectivity index (χ0v) is 11.0. The number of piperidine rings is 1. The molecule has 0 radical (unpaired) electrons. The van der Waals surface area contributed by atoms with E-state index < -0.39 is 0 Å². The van der Waals surface area contributed by atoms with Crippen molar-refractivity contribution in [3.63, 3.8) is 0 Å². The largest absolute Gasteiger partial charge is 0.393 e. The summed E-state index contributed by atoms with van der Waals surface area (Å²) >= 11 is 5.00. The molecule has 2 aliphatic rings. The van der Waals surface area contributed by atoms with Crippen molar-refractivity contribution in [3.05, 3.63) is 0 Å². The van der Waals surface area contributed by atoms with Crippen LogP contribution in [-0.4, -0.2) is 41.6 Å². The first-order valence-electron chi connectivity index (χ1n) is 6.27. The molecule has 0 bridgehead atoms. The van der Waals surface area contributed by atoms with Crippen LogP contribution in [0.2, 0.25) is 0 Å². The maximum atomic E-state index is 12.2. The molecule has 2 atom stereocenters. The summed E-state index contributed by atoms with van der Waals surface area (Å²) in [6.45, 7) is 4.17. The van der Waals surface area contributed by atoms with Gasteiger partial charge in [-0.15, -0.1) is 0 Å². The Morgan fingerprint density at radius 1 is 1.35 bits per heavy atom. The second-order valence-corrected chi connectivity index (χ2v) is 5.55. The lowest BCUT2D eigenvalue weighted by Crippen LogP contribution is -2.44. The number of ether oxygens (including phenoxy) is 1. The fourth-order valence-electron chi connectivity index (χ4n) is 2.63. The van der Waals surface area contributed by atoms with Crippen LogP contribution in [0.15, 0.2) is 0 Å². The number of carbonyl (C=O) groups is 1. The van der Waals surface area contributed by atoms with Gasteiger partial charge in [0.1, 0.15) is 0 Å². The van der Waals surface area contributed by atoms with Gasteiger partial charge >= 0.3 is 0 Å². The summed E-state index contributed by atoms with van der Waals surface area (Å²) in [5.74, 6) is 0.620. The van der Waals surface area contributed by atoms with Gasteiger partial charge in [-0.1, -0.05) is 12.2 Å². The van der Waals surface area contributed by atoms with Gasteiger partial charge < -0.3 is 15.4 Å². The third kappa shape index (κ3) is 2.96. The first-order chi connectivity index (χ1) is 8.08. The Morgan fingerprint density at radius 3 is 2.47 bits per heavy atom. The van der Waals surface area contributed by atoms with Crippen LogP contribution in [0.1, 0.15) is 26.2 Å². The van der Waals surface area contributed by atoms with E-state index in [1.165, 1.54) is 0 Å². The molecule has 2 unspecified atom stereocenters. The van der Waals surface area contributed by atoms with Crippen LogP contribution < -0.4 is 5.73 Å². The number of nitrogens with two attached hydrogens (primary N) is 1. The highest BCUT2D eigenvalue weighted by atomic mass is 32.1. The van der Waals surface area contributed by atoms with Gasteiger partial charge in [0.15, 0.2) is 0 Å². The number of carbonyl (C=O) groups excluding carboxylic acids is 1. The predicted octanol–water partition coefficient (Wildman–Crippen LogP) is 0.936. The smallest absolute Gasteiger partial charge is 0.228 e. The molecule has 0 spiro atoms. The minimum Gasteiger partial charge on any atom is -0.393 e. The molecular formula is C12H20N2O2S. The van der Waals surface area contributed by atoms with Gasteiger partial charge in [-0.05, 0) is 26.2 Å². The molecule has 2 fully saturated rings. The monoisotopic (exact) mass is 256 g/mol. The van der Waals surface area contributed by atoms with E-state index in [1.54, 1.807) is 0 Å². The molecule has 0 aromatic heterocycles. The van der Waals surface area contributed by atoms with Crippen LogP contribution in [0.4, 0.5) is 0 Å². The molecule has 0 aliphatic carbocycles. The van der Waals surface area contributed by atoms with Crippen molar-refractivity contribution < 1.29 is 9.53 Å². The highest BCUT2D eigenvalue weighted by Crippen LogP contribution is 2.24. The minimum absolute atomic E-state index is 0.0615. The summed E-state index contributed by atoms with van der Waals surface area (Å²) in [6.07, 6.45) is 2.89. The van der Waals surface area contributed by atoms with Crippen molar-refractivity contribution in [2.75, 3.05) is 19.7 Å². The van der Waals surface area contributed by atoms with Crippen molar-refractivity contribution in [2.45, 2.75) is 32.3 Å². The fourth-order valence-corrected chi connectivity index (χ4v) is 2.87. The third-order valence-electron chi connectivity index (χ3n) is 3.76. The molecule has 0 aromatic carbocycles. The van der Waals surface area contributed by atoms with E-state index in [0.29, 0.717) is 17.5 Å². The Hall–Kier alpha value is -0.680. The second kappa shape index (κ2) is 5.31. The fraction of sp³-hybridized carbons (Fsp3) is 0.833. The predicted molar refractivity (Wildman–Crippen MR) is 69.6 cm³/mol. The van der Waals surface area contributed by atoms with Gasteiger partial charge in [0.05, 0.1) is 23.6 Å². The van der Waals surface area contributed by atoms with Crippen LogP contribution in [0.3, 0.4) is 0 Å². The third-order valence-corrected chi connectivity index (χ3v) is 4.09. The summed E-state index contributed by atoms with van der Waals surface area (Å²) in [5, 5.41) is 0. The van der Waals surface area contributed by atoms with Crippen LogP contribution >= 0.6 is 12.2 Å². The molecular weight excluding hydrogens is 236 g/mol. The molecule has 1 amide bonds. The highest BCUT2D eigenvalue weighted by Gasteiger charge is 2.33. The molecule has 2 heterocycles. The normalized spacial score (nSPS) is 30.5. The second-order valence-electron chi connectivity index (χ2n) is 5.08. The number of rotatable bonds is 2. The van der Waals surface area contributed by atoms with Crippen molar-refractivity contribution in [2.24, 2.45) is 17.6 Å². The summed E-state index contributed by atoms with van der Waals surface area (Å²) in [5.41, 5.74) is 5.64. The lowest BCUT2D eigenvalue weighted by Gasteiger charge is -2.32. The molecule has 0 saturated carbocycles. The van der Waals surface area contributed by atoms with E-state index in [9.17, 15) is 4.79 Å². The Balaban J connectivity index is 1.84.